The van der Waals surface area contributed by atoms with E-state index in [-0.39, 0.29) is 5.92 Å². The van der Waals surface area contributed by atoms with Gasteiger partial charge in [0.25, 0.3) is 0 Å². The van der Waals surface area contributed by atoms with Gasteiger partial charge >= 0.3 is 0 Å². The van der Waals surface area contributed by atoms with Crippen LogP contribution in [0.15, 0.2) is 12.4 Å². The lowest BCUT2D eigenvalue weighted by atomic mass is 9.76. The lowest BCUT2D eigenvalue weighted by molar-refractivity contribution is 0.273. The molecule has 2 aliphatic carbocycles. The van der Waals surface area contributed by atoms with Crippen molar-refractivity contribution in [3.63, 3.8) is 0 Å². The van der Waals surface area contributed by atoms with Gasteiger partial charge in [-0.3, -0.25) is 0 Å². The van der Waals surface area contributed by atoms with Gasteiger partial charge in [-0.2, -0.15) is 5.26 Å². The van der Waals surface area contributed by atoms with E-state index in [1.807, 2.05) is 0 Å². The zero-order valence-electron chi connectivity index (χ0n) is 16.0. The molecule has 25 heavy (non-hydrogen) atoms. The first-order valence-electron chi connectivity index (χ1n) is 10.4. The predicted octanol–water partition coefficient (Wildman–Crippen LogP) is 5.98. The average molecular weight is 340 g/mol. The first-order chi connectivity index (χ1) is 12.2. The van der Waals surface area contributed by atoms with Crippen molar-refractivity contribution in [3.8, 4) is 6.07 Å². The second-order valence-corrected chi connectivity index (χ2v) is 8.52. The Morgan fingerprint density at radius 2 is 1.60 bits per heavy atom. The summed E-state index contributed by atoms with van der Waals surface area (Å²) in [5.74, 6) is 4.19. The van der Waals surface area contributed by atoms with Gasteiger partial charge in [0.05, 0.1) is 6.07 Å². The van der Waals surface area contributed by atoms with Crippen molar-refractivity contribution < 1.29 is 0 Å². The summed E-state index contributed by atoms with van der Waals surface area (Å²) in [5.41, 5.74) is 1.34. The van der Waals surface area contributed by atoms with Crippen molar-refractivity contribution in [3.05, 3.63) is 23.8 Å². The lowest BCUT2D eigenvalue weighted by Crippen LogP contribution is -2.17. The largest absolute Gasteiger partial charge is 0.241 e. The molecule has 3 heteroatoms. The normalized spacial score (nSPS) is 31.2. The van der Waals surface area contributed by atoms with Gasteiger partial charge in [-0.25, -0.2) is 9.97 Å². The number of rotatable bonds is 5. The molecule has 1 unspecified atom stereocenters. The Labute approximate surface area is 153 Å². The maximum Gasteiger partial charge on any atom is 0.131 e. The molecule has 2 fully saturated rings. The number of nitriles is 1. The summed E-state index contributed by atoms with van der Waals surface area (Å²) >= 11 is 0. The fraction of sp³-hybridized carbons (Fsp3) is 0.773. The number of aromatic nitrogens is 2. The van der Waals surface area contributed by atoms with Crippen molar-refractivity contribution in [2.45, 2.75) is 89.9 Å². The van der Waals surface area contributed by atoms with E-state index in [0.717, 1.165) is 43.3 Å². The molecular formula is C22H33N3. The molecule has 0 radical (unpaired) electrons. The number of nitrogens with zero attached hydrogens (tertiary/aromatic N) is 3. The molecule has 2 aliphatic rings. The first kappa shape index (κ1) is 18.4. The van der Waals surface area contributed by atoms with E-state index in [0.29, 0.717) is 11.8 Å². The van der Waals surface area contributed by atoms with E-state index in [2.05, 4.69) is 32.3 Å². The molecule has 2 saturated carbocycles. The maximum absolute atomic E-state index is 9.03. The van der Waals surface area contributed by atoms with Gasteiger partial charge < -0.3 is 0 Å². The minimum Gasteiger partial charge on any atom is -0.241 e. The van der Waals surface area contributed by atoms with E-state index in [1.54, 1.807) is 0 Å². The third kappa shape index (κ3) is 4.81. The van der Waals surface area contributed by atoms with Gasteiger partial charge in [-0.05, 0) is 81.1 Å². The summed E-state index contributed by atoms with van der Waals surface area (Å²) in [5, 5.41) is 9.03. The molecule has 0 saturated heterocycles. The second kappa shape index (κ2) is 8.79. The van der Waals surface area contributed by atoms with Crippen molar-refractivity contribution in [2.24, 2.45) is 17.8 Å². The van der Waals surface area contributed by atoms with Gasteiger partial charge in [0.1, 0.15) is 5.82 Å². The molecule has 0 amide bonds. The standard InChI is InChI=1S/C22H33N3/c1-3-16(2)12-17-4-8-19(9-5-17)21-14-24-22(25-15-21)20-10-6-18(13-23)7-11-20/h14-20H,3-12H2,1-2H3. The summed E-state index contributed by atoms with van der Waals surface area (Å²) in [6.07, 6.45) is 16.4. The molecule has 0 spiro atoms. The van der Waals surface area contributed by atoms with Gasteiger partial charge in [0.15, 0.2) is 0 Å². The summed E-state index contributed by atoms with van der Waals surface area (Å²) in [6, 6.07) is 2.41. The van der Waals surface area contributed by atoms with Crippen LogP contribution in [0.4, 0.5) is 0 Å². The van der Waals surface area contributed by atoms with Crippen LogP contribution in [-0.4, -0.2) is 9.97 Å². The van der Waals surface area contributed by atoms with Crippen LogP contribution in [0, 0.1) is 29.1 Å². The average Bonchev–Trinajstić information content (AvgIpc) is 2.69. The highest BCUT2D eigenvalue weighted by atomic mass is 14.9. The SMILES string of the molecule is CCC(C)CC1CCC(c2cnc(C3CCC(C#N)CC3)nc2)CC1. The molecular weight excluding hydrogens is 306 g/mol. The van der Waals surface area contributed by atoms with Crippen molar-refractivity contribution in [1.82, 2.24) is 9.97 Å². The molecule has 0 bridgehead atoms. The Morgan fingerprint density at radius 3 is 2.16 bits per heavy atom. The predicted molar refractivity (Wildman–Crippen MR) is 101 cm³/mol. The van der Waals surface area contributed by atoms with Crippen molar-refractivity contribution in [2.75, 3.05) is 0 Å². The van der Waals surface area contributed by atoms with Crippen LogP contribution in [0.3, 0.4) is 0 Å². The van der Waals surface area contributed by atoms with Crippen LogP contribution in [0.5, 0.6) is 0 Å². The Hall–Kier alpha value is -1.43. The van der Waals surface area contributed by atoms with Crippen LogP contribution in [0.25, 0.3) is 0 Å². The third-order valence-electron chi connectivity index (χ3n) is 6.72. The number of hydrogen-bond donors (Lipinski definition) is 0. The molecule has 1 atom stereocenters. The van der Waals surface area contributed by atoms with Crippen LogP contribution in [0.2, 0.25) is 0 Å². The molecule has 1 aromatic rings. The van der Waals surface area contributed by atoms with Gasteiger partial charge in [-0.1, -0.05) is 20.3 Å². The highest BCUT2D eigenvalue weighted by Crippen LogP contribution is 2.39. The summed E-state index contributed by atoms with van der Waals surface area (Å²) < 4.78 is 0. The maximum atomic E-state index is 9.03. The van der Waals surface area contributed by atoms with E-state index in [1.165, 1.54) is 44.1 Å². The van der Waals surface area contributed by atoms with Gasteiger partial charge in [-0.15, -0.1) is 0 Å². The van der Waals surface area contributed by atoms with Gasteiger partial charge in [0, 0.05) is 24.2 Å². The fourth-order valence-electron chi connectivity index (χ4n) is 4.72. The van der Waals surface area contributed by atoms with Gasteiger partial charge in [0.2, 0.25) is 0 Å². The highest BCUT2D eigenvalue weighted by molar-refractivity contribution is 5.14. The Morgan fingerprint density at radius 1 is 1.00 bits per heavy atom. The second-order valence-electron chi connectivity index (χ2n) is 8.52. The first-order valence-corrected chi connectivity index (χ1v) is 10.4. The minimum absolute atomic E-state index is 0.251. The smallest absolute Gasteiger partial charge is 0.131 e. The Kier molecular flexibility index (Phi) is 6.45. The van der Waals surface area contributed by atoms with Crippen LogP contribution in [-0.2, 0) is 0 Å². The molecule has 136 valence electrons. The molecule has 0 N–H and O–H groups in total. The summed E-state index contributed by atoms with van der Waals surface area (Å²) in [4.78, 5) is 9.43. The van der Waals surface area contributed by atoms with Crippen LogP contribution >= 0.6 is 0 Å². The quantitative estimate of drug-likeness (QED) is 0.662. The molecule has 3 nitrogen and oxygen atoms in total. The van der Waals surface area contributed by atoms with E-state index in [4.69, 9.17) is 15.2 Å². The van der Waals surface area contributed by atoms with Crippen LogP contribution in [0.1, 0.15) is 101 Å². The van der Waals surface area contributed by atoms with Crippen molar-refractivity contribution >= 4 is 0 Å². The van der Waals surface area contributed by atoms with E-state index in [9.17, 15) is 0 Å². The number of hydrogen-bond acceptors (Lipinski definition) is 3. The minimum atomic E-state index is 0.251. The molecule has 0 aliphatic heterocycles. The van der Waals surface area contributed by atoms with E-state index >= 15 is 0 Å². The van der Waals surface area contributed by atoms with Crippen molar-refractivity contribution in [1.29, 1.82) is 5.26 Å². The monoisotopic (exact) mass is 339 g/mol. The Balaban J connectivity index is 1.51. The van der Waals surface area contributed by atoms with E-state index < -0.39 is 0 Å². The topological polar surface area (TPSA) is 49.6 Å². The molecule has 3 rings (SSSR count). The molecule has 1 aromatic heterocycles. The van der Waals surface area contributed by atoms with Crippen LogP contribution < -0.4 is 0 Å². The summed E-state index contributed by atoms with van der Waals surface area (Å²) in [7, 11) is 0. The lowest BCUT2D eigenvalue weighted by Gasteiger charge is -2.30. The zero-order chi connectivity index (χ0) is 17.6. The third-order valence-corrected chi connectivity index (χ3v) is 6.72. The molecule has 0 aromatic carbocycles. The summed E-state index contributed by atoms with van der Waals surface area (Å²) in [6.45, 7) is 4.70. The zero-order valence-corrected chi connectivity index (χ0v) is 16.0. The Bertz CT molecular complexity index is 558. The molecule has 1 heterocycles. The fourth-order valence-corrected chi connectivity index (χ4v) is 4.72. The highest BCUT2D eigenvalue weighted by Gasteiger charge is 2.26.